The predicted octanol–water partition coefficient (Wildman–Crippen LogP) is 4.12. The van der Waals surface area contributed by atoms with Gasteiger partial charge >= 0.3 is 5.97 Å². The number of hydrogen-bond donors (Lipinski definition) is 0. The maximum absolute atomic E-state index is 12.9. The molecule has 6 heteroatoms. The van der Waals surface area contributed by atoms with Gasteiger partial charge in [0.25, 0.3) is 0 Å². The number of benzene rings is 2. The van der Waals surface area contributed by atoms with Crippen molar-refractivity contribution < 1.29 is 19.1 Å². The van der Waals surface area contributed by atoms with Crippen LogP contribution in [0.4, 0.5) is 0 Å². The van der Waals surface area contributed by atoms with Crippen LogP contribution in [0.5, 0.6) is 5.75 Å². The van der Waals surface area contributed by atoms with Gasteiger partial charge in [-0.05, 0) is 29.7 Å². The largest absolute Gasteiger partial charge is 0.495 e. The standard InChI is InChI=1S/C22H26ClNO4/c1-16(22(26)28-3)14-24(15-18-7-5-4-6-8-18)21(25)12-10-17-9-11-20(27-2)19(23)13-17/h4-9,11,13,16H,10,12,14-15H2,1-3H3. The maximum Gasteiger partial charge on any atom is 0.310 e. The van der Waals surface area contributed by atoms with E-state index in [1.54, 1.807) is 25.0 Å². The lowest BCUT2D eigenvalue weighted by atomic mass is 10.1. The van der Waals surface area contributed by atoms with Gasteiger partial charge in [-0.3, -0.25) is 9.59 Å². The summed E-state index contributed by atoms with van der Waals surface area (Å²) in [4.78, 5) is 26.4. The molecule has 0 saturated carbocycles. The van der Waals surface area contributed by atoms with E-state index in [1.165, 1.54) is 7.11 Å². The second-order valence-corrected chi connectivity index (χ2v) is 7.06. The van der Waals surface area contributed by atoms with Crippen molar-refractivity contribution in [1.29, 1.82) is 0 Å². The van der Waals surface area contributed by atoms with Crippen LogP contribution in [-0.4, -0.2) is 37.5 Å². The molecule has 0 bridgehead atoms. The Hall–Kier alpha value is -2.53. The molecule has 150 valence electrons. The highest BCUT2D eigenvalue weighted by Crippen LogP contribution is 2.25. The van der Waals surface area contributed by atoms with E-state index >= 15 is 0 Å². The molecule has 0 aliphatic carbocycles. The number of hydrogen-bond acceptors (Lipinski definition) is 4. The molecule has 0 saturated heterocycles. The van der Waals surface area contributed by atoms with E-state index in [0.717, 1.165) is 11.1 Å². The van der Waals surface area contributed by atoms with Crippen LogP contribution in [0, 0.1) is 5.92 Å². The predicted molar refractivity (Wildman–Crippen MR) is 109 cm³/mol. The van der Waals surface area contributed by atoms with Crippen LogP contribution in [-0.2, 0) is 27.3 Å². The van der Waals surface area contributed by atoms with Crippen LogP contribution in [0.2, 0.25) is 5.02 Å². The quantitative estimate of drug-likeness (QED) is 0.591. The van der Waals surface area contributed by atoms with E-state index in [2.05, 4.69) is 0 Å². The fourth-order valence-corrected chi connectivity index (χ4v) is 3.22. The summed E-state index contributed by atoms with van der Waals surface area (Å²) in [5.41, 5.74) is 1.97. The highest BCUT2D eigenvalue weighted by atomic mass is 35.5. The zero-order valence-electron chi connectivity index (χ0n) is 16.5. The van der Waals surface area contributed by atoms with Gasteiger partial charge in [0, 0.05) is 19.5 Å². The number of nitrogens with zero attached hydrogens (tertiary/aromatic N) is 1. The van der Waals surface area contributed by atoms with Crippen LogP contribution in [0.15, 0.2) is 48.5 Å². The number of amides is 1. The third-order valence-electron chi connectivity index (χ3n) is 4.51. The molecule has 0 spiro atoms. The van der Waals surface area contributed by atoms with E-state index in [1.807, 2.05) is 42.5 Å². The Morgan fingerprint density at radius 1 is 1.07 bits per heavy atom. The number of ether oxygens (including phenoxy) is 2. The number of carbonyl (C=O) groups excluding carboxylic acids is 2. The Bertz CT molecular complexity index is 794. The highest BCUT2D eigenvalue weighted by molar-refractivity contribution is 6.32. The lowest BCUT2D eigenvalue weighted by Gasteiger charge is -2.25. The normalized spacial score (nSPS) is 11.6. The Morgan fingerprint density at radius 3 is 2.39 bits per heavy atom. The molecule has 0 aromatic heterocycles. The fourth-order valence-electron chi connectivity index (χ4n) is 2.94. The van der Waals surface area contributed by atoms with Gasteiger partial charge in [-0.1, -0.05) is 54.9 Å². The lowest BCUT2D eigenvalue weighted by Crippen LogP contribution is -2.37. The summed E-state index contributed by atoms with van der Waals surface area (Å²) in [6.07, 6.45) is 0.879. The molecule has 5 nitrogen and oxygen atoms in total. The zero-order valence-corrected chi connectivity index (χ0v) is 17.2. The summed E-state index contributed by atoms with van der Waals surface area (Å²) >= 11 is 6.16. The van der Waals surface area contributed by atoms with Crippen molar-refractivity contribution in [3.8, 4) is 5.75 Å². The molecule has 2 rings (SSSR count). The van der Waals surface area contributed by atoms with Gasteiger partial charge in [0.1, 0.15) is 5.75 Å². The van der Waals surface area contributed by atoms with Gasteiger partial charge in [-0.2, -0.15) is 0 Å². The number of aryl methyl sites for hydroxylation is 1. The summed E-state index contributed by atoms with van der Waals surface area (Å²) in [6.45, 7) is 2.52. The van der Waals surface area contributed by atoms with Crippen molar-refractivity contribution in [2.24, 2.45) is 5.92 Å². The van der Waals surface area contributed by atoms with Gasteiger partial charge in [-0.15, -0.1) is 0 Å². The summed E-state index contributed by atoms with van der Waals surface area (Å²) in [5.74, 6) is -0.137. The minimum Gasteiger partial charge on any atom is -0.495 e. The van der Waals surface area contributed by atoms with E-state index in [9.17, 15) is 9.59 Å². The first-order chi connectivity index (χ1) is 13.4. The third kappa shape index (κ3) is 6.27. The van der Waals surface area contributed by atoms with E-state index in [0.29, 0.717) is 36.7 Å². The maximum atomic E-state index is 12.9. The van der Waals surface area contributed by atoms with Crippen molar-refractivity contribution >= 4 is 23.5 Å². The Balaban J connectivity index is 2.06. The Kier molecular flexibility index (Phi) is 8.33. The van der Waals surface area contributed by atoms with E-state index in [-0.39, 0.29) is 11.9 Å². The molecule has 0 aliphatic rings. The molecule has 2 aromatic carbocycles. The molecule has 1 unspecified atom stereocenters. The van der Waals surface area contributed by atoms with Gasteiger partial charge in [0.2, 0.25) is 5.91 Å². The average Bonchev–Trinajstić information content (AvgIpc) is 2.71. The zero-order chi connectivity index (χ0) is 20.5. The number of carbonyl (C=O) groups is 2. The summed E-state index contributed by atoms with van der Waals surface area (Å²) in [7, 11) is 2.92. The number of methoxy groups -OCH3 is 2. The smallest absolute Gasteiger partial charge is 0.310 e. The molecule has 1 atom stereocenters. The summed E-state index contributed by atoms with van der Waals surface area (Å²) in [6, 6.07) is 15.2. The summed E-state index contributed by atoms with van der Waals surface area (Å²) in [5, 5.41) is 0.521. The first-order valence-corrected chi connectivity index (χ1v) is 9.54. The molecule has 2 aromatic rings. The number of rotatable bonds is 9. The van der Waals surface area contributed by atoms with Crippen LogP contribution in [0.1, 0.15) is 24.5 Å². The van der Waals surface area contributed by atoms with Crippen LogP contribution < -0.4 is 4.74 Å². The summed E-state index contributed by atoms with van der Waals surface area (Å²) < 4.78 is 9.96. The Labute approximate surface area is 171 Å². The van der Waals surface area contributed by atoms with Crippen molar-refractivity contribution in [3.05, 3.63) is 64.7 Å². The molecule has 0 N–H and O–H groups in total. The van der Waals surface area contributed by atoms with Crippen molar-refractivity contribution in [2.75, 3.05) is 20.8 Å². The second kappa shape index (κ2) is 10.7. The molecule has 0 radical (unpaired) electrons. The van der Waals surface area contributed by atoms with Crippen molar-refractivity contribution in [2.45, 2.75) is 26.3 Å². The molecular formula is C22H26ClNO4. The first-order valence-electron chi connectivity index (χ1n) is 9.16. The second-order valence-electron chi connectivity index (χ2n) is 6.65. The molecule has 0 heterocycles. The van der Waals surface area contributed by atoms with Gasteiger partial charge in [0.05, 0.1) is 25.2 Å². The molecule has 0 aliphatic heterocycles. The average molecular weight is 404 g/mol. The van der Waals surface area contributed by atoms with Gasteiger partial charge in [0.15, 0.2) is 0 Å². The van der Waals surface area contributed by atoms with Gasteiger partial charge in [-0.25, -0.2) is 0 Å². The van der Waals surface area contributed by atoms with E-state index in [4.69, 9.17) is 21.1 Å². The molecular weight excluding hydrogens is 378 g/mol. The van der Waals surface area contributed by atoms with Crippen LogP contribution >= 0.6 is 11.6 Å². The van der Waals surface area contributed by atoms with Crippen LogP contribution in [0.25, 0.3) is 0 Å². The third-order valence-corrected chi connectivity index (χ3v) is 4.81. The number of esters is 1. The molecule has 0 fully saturated rings. The SMILES string of the molecule is COC(=O)C(C)CN(Cc1ccccc1)C(=O)CCc1ccc(OC)c(Cl)c1. The van der Waals surface area contributed by atoms with E-state index < -0.39 is 5.92 Å². The number of halogens is 1. The van der Waals surface area contributed by atoms with Gasteiger partial charge < -0.3 is 14.4 Å². The lowest BCUT2D eigenvalue weighted by molar-refractivity contribution is -0.146. The minimum absolute atomic E-state index is 0.0217. The monoisotopic (exact) mass is 403 g/mol. The Morgan fingerprint density at radius 2 is 1.79 bits per heavy atom. The highest BCUT2D eigenvalue weighted by Gasteiger charge is 2.21. The van der Waals surface area contributed by atoms with Crippen LogP contribution in [0.3, 0.4) is 0 Å². The van der Waals surface area contributed by atoms with Crippen molar-refractivity contribution in [3.63, 3.8) is 0 Å². The first kappa shape index (κ1) is 21.8. The molecule has 1 amide bonds. The molecule has 28 heavy (non-hydrogen) atoms. The fraction of sp³-hybridized carbons (Fsp3) is 0.364. The topological polar surface area (TPSA) is 55.8 Å². The minimum atomic E-state index is -0.395. The van der Waals surface area contributed by atoms with Crippen molar-refractivity contribution in [1.82, 2.24) is 4.90 Å².